The molecule has 0 unspecified atom stereocenters. The number of benzene rings is 3. The molecule has 3 aromatic carbocycles. The molecule has 0 heterocycles. The Balaban J connectivity index is 0.000000232. The van der Waals surface area contributed by atoms with Crippen molar-refractivity contribution in [2.24, 2.45) is 0 Å². The number of rotatable bonds is 0. The predicted octanol–water partition coefficient (Wildman–Crippen LogP) is 4.70. The lowest BCUT2D eigenvalue weighted by Crippen LogP contribution is -1.75. The summed E-state index contributed by atoms with van der Waals surface area (Å²) in [6.45, 7) is 0. The minimum Gasteiger partial charge on any atom is -0.195 e. The summed E-state index contributed by atoms with van der Waals surface area (Å²) in [7, 11) is 4.81. The molecule has 0 fully saturated rings. The van der Waals surface area contributed by atoms with E-state index in [9.17, 15) is 0 Å². The zero-order valence-corrected chi connectivity index (χ0v) is 12.1. The lowest BCUT2D eigenvalue weighted by molar-refractivity contribution is 0.621. The smallest absolute Gasteiger partial charge is 0.195 e. The average Bonchev–Trinajstić information content (AvgIpc) is 2.37. The van der Waals surface area contributed by atoms with E-state index in [1.54, 1.807) is 0 Å². The third kappa shape index (κ3) is 4.10. The highest BCUT2D eigenvalue weighted by Gasteiger charge is 1.97. The highest BCUT2D eigenvalue weighted by molar-refractivity contribution is 8.31. The lowest BCUT2D eigenvalue weighted by atomic mass is 10.0. The molecule has 0 bridgehead atoms. The van der Waals surface area contributed by atoms with Gasteiger partial charge in [0.05, 0.1) is 0 Å². The predicted molar refractivity (Wildman–Crippen MR) is 82.1 cm³/mol. The second kappa shape index (κ2) is 5.78. The van der Waals surface area contributed by atoms with Gasteiger partial charge in [-0.3, -0.25) is 0 Å². The van der Waals surface area contributed by atoms with Crippen molar-refractivity contribution in [3.8, 4) is 0 Å². The fourth-order valence-electron chi connectivity index (χ4n) is 1.95. The first-order valence-corrected chi connectivity index (χ1v) is 8.59. The van der Waals surface area contributed by atoms with Crippen molar-refractivity contribution in [1.29, 1.82) is 0 Å². The Morgan fingerprint density at radius 1 is 0.632 bits per heavy atom. The molecule has 0 aliphatic heterocycles. The zero-order valence-electron chi connectivity index (χ0n) is 9.75. The monoisotopic (exact) mass is 312 g/mol. The number of halogens is 2. The van der Waals surface area contributed by atoms with Crippen LogP contribution in [-0.4, -0.2) is 8.42 Å². The second-order valence-electron chi connectivity index (χ2n) is 3.89. The van der Waals surface area contributed by atoms with Crippen molar-refractivity contribution in [3.63, 3.8) is 0 Å². The quantitative estimate of drug-likeness (QED) is 0.445. The van der Waals surface area contributed by atoms with Crippen LogP contribution in [0.3, 0.4) is 0 Å². The molecular weight excluding hydrogens is 303 g/mol. The van der Waals surface area contributed by atoms with E-state index in [1.807, 2.05) is 0 Å². The van der Waals surface area contributed by atoms with Crippen molar-refractivity contribution in [1.82, 2.24) is 0 Å². The third-order valence-corrected chi connectivity index (χ3v) is 2.65. The summed E-state index contributed by atoms with van der Waals surface area (Å²) >= 11 is 0. The van der Waals surface area contributed by atoms with E-state index >= 15 is 0 Å². The van der Waals surface area contributed by atoms with Gasteiger partial charge in [-0.2, -0.15) is 8.42 Å². The Morgan fingerprint density at radius 2 is 0.947 bits per heavy atom. The Labute approximate surface area is 120 Å². The standard InChI is InChI=1S/C14H10.Cl2O2S/c1-3-7-13-11(5-1)9-10-12-6-2-4-8-14(12)13;1-5(2,3)4/h1-10H;. The summed E-state index contributed by atoms with van der Waals surface area (Å²) in [6.07, 6.45) is 0. The molecule has 0 spiro atoms. The molecule has 0 amide bonds. The molecule has 3 aromatic rings. The molecule has 3 rings (SSSR count). The van der Waals surface area contributed by atoms with E-state index in [0.29, 0.717) is 0 Å². The molecule has 0 saturated heterocycles. The van der Waals surface area contributed by atoms with Crippen LogP contribution in [0.4, 0.5) is 0 Å². The first-order chi connectivity index (χ1) is 8.95. The van der Waals surface area contributed by atoms with Gasteiger partial charge < -0.3 is 0 Å². The SMILES string of the molecule is O=S(=O)(Cl)Cl.c1ccc2c(c1)ccc1ccccc12. The van der Waals surface area contributed by atoms with Crippen LogP contribution in [0.25, 0.3) is 21.5 Å². The van der Waals surface area contributed by atoms with Crippen LogP contribution in [0.2, 0.25) is 0 Å². The van der Waals surface area contributed by atoms with Crippen LogP contribution in [0.15, 0.2) is 60.7 Å². The highest BCUT2D eigenvalue weighted by atomic mass is 36.0. The van der Waals surface area contributed by atoms with E-state index in [4.69, 9.17) is 8.42 Å². The highest BCUT2D eigenvalue weighted by Crippen LogP contribution is 2.24. The summed E-state index contributed by atoms with van der Waals surface area (Å²) in [5.74, 6) is 0. The van der Waals surface area contributed by atoms with Gasteiger partial charge >= 0.3 is 8.26 Å². The number of hydrogen-bond acceptors (Lipinski definition) is 2. The first-order valence-electron chi connectivity index (χ1n) is 5.46. The Hall–Kier alpha value is -1.29. The molecule has 0 N–H and O–H groups in total. The molecule has 0 aromatic heterocycles. The maximum atomic E-state index is 9.16. The second-order valence-corrected chi connectivity index (χ2v) is 7.55. The van der Waals surface area contributed by atoms with Crippen LogP contribution < -0.4 is 0 Å². The first kappa shape index (κ1) is 14.1. The zero-order chi connectivity index (χ0) is 13.9. The van der Waals surface area contributed by atoms with Crippen LogP contribution in [-0.2, 0) is 8.26 Å². The molecule has 19 heavy (non-hydrogen) atoms. The van der Waals surface area contributed by atoms with E-state index in [1.165, 1.54) is 21.5 Å². The Morgan fingerprint density at radius 3 is 1.32 bits per heavy atom. The van der Waals surface area contributed by atoms with E-state index in [-0.39, 0.29) is 0 Å². The molecule has 5 heteroatoms. The van der Waals surface area contributed by atoms with Crippen molar-refractivity contribution in [3.05, 3.63) is 60.7 Å². The van der Waals surface area contributed by atoms with Crippen LogP contribution in [0.1, 0.15) is 0 Å². The van der Waals surface area contributed by atoms with Gasteiger partial charge in [0.1, 0.15) is 0 Å². The molecule has 0 atom stereocenters. The third-order valence-electron chi connectivity index (χ3n) is 2.65. The molecule has 0 radical (unpaired) electrons. The molecule has 0 aliphatic rings. The van der Waals surface area contributed by atoms with Gasteiger partial charge in [0.25, 0.3) is 0 Å². The van der Waals surface area contributed by atoms with Crippen molar-refractivity contribution in [2.75, 3.05) is 0 Å². The minimum absolute atomic E-state index is 1.31. The van der Waals surface area contributed by atoms with Gasteiger partial charge in [-0.05, 0) is 21.5 Å². The molecular formula is C14H10Cl2O2S. The lowest BCUT2D eigenvalue weighted by Gasteiger charge is -2.02. The Kier molecular flexibility index (Phi) is 4.30. The maximum absolute atomic E-state index is 9.16. The largest absolute Gasteiger partial charge is 0.317 e. The van der Waals surface area contributed by atoms with Gasteiger partial charge in [0.2, 0.25) is 0 Å². The normalized spacial score (nSPS) is 11.1. The average molecular weight is 313 g/mol. The number of fused-ring (bicyclic) bond motifs is 3. The van der Waals surface area contributed by atoms with Gasteiger partial charge in [-0.15, -0.1) is 0 Å². The Bertz CT molecular complexity index is 751. The molecule has 98 valence electrons. The van der Waals surface area contributed by atoms with Gasteiger partial charge in [-0.1, -0.05) is 60.7 Å². The molecule has 0 aliphatic carbocycles. The molecule has 2 nitrogen and oxygen atoms in total. The van der Waals surface area contributed by atoms with Crippen LogP contribution in [0.5, 0.6) is 0 Å². The van der Waals surface area contributed by atoms with Crippen molar-refractivity contribution >= 4 is 51.2 Å². The summed E-state index contributed by atoms with van der Waals surface area (Å²) in [4.78, 5) is 0. The van der Waals surface area contributed by atoms with Crippen molar-refractivity contribution in [2.45, 2.75) is 0 Å². The summed E-state index contributed by atoms with van der Waals surface area (Å²) < 4.78 is 18.3. The van der Waals surface area contributed by atoms with E-state index < -0.39 is 8.26 Å². The van der Waals surface area contributed by atoms with E-state index in [2.05, 4.69) is 82.0 Å². The number of hydrogen-bond donors (Lipinski definition) is 0. The van der Waals surface area contributed by atoms with Crippen molar-refractivity contribution < 1.29 is 8.42 Å². The van der Waals surface area contributed by atoms with Crippen LogP contribution in [0, 0.1) is 0 Å². The maximum Gasteiger partial charge on any atom is 0.317 e. The van der Waals surface area contributed by atoms with Gasteiger partial charge in [0.15, 0.2) is 0 Å². The van der Waals surface area contributed by atoms with Gasteiger partial charge in [0, 0.05) is 21.4 Å². The topological polar surface area (TPSA) is 34.1 Å². The molecule has 0 saturated carbocycles. The fourth-order valence-corrected chi connectivity index (χ4v) is 1.95. The van der Waals surface area contributed by atoms with E-state index in [0.717, 1.165) is 0 Å². The fraction of sp³-hybridized carbons (Fsp3) is 0. The van der Waals surface area contributed by atoms with Crippen LogP contribution >= 0.6 is 21.4 Å². The minimum atomic E-state index is -3.72. The summed E-state index contributed by atoms with van der Waals surface area (Å²) in [5, 5.41) is 5.30. The summed E-state index contributed by atoms with van der Waals surface area (Å²) in [5.41, 5.74) is 0. The summed E-state index contributed by atoms with van der Waals surface area (Å²) in [6, 6.07) is 21.4. The van der Waals surface area contributed by atoms with Gasteiger partial charge in [-0.25, -0.2) is 0 Å².